The quantitative estimate of drug-likeness (QED) is 0.806. The Morgan fingerprint density at radius 1 is 1.27 bits per heavy atom. The van der Waals surface area contributed by atoms with Gasteiger partial charge in [-0.15, -0.1) is 0 Å². The highest BCUT2D eigenvalue weighted by Gasteiger charge is 2.00. The van der Waals surface area contributed by atoms with Crippen molar-refractivity contribution in [1.29, 1.82) is 0 Å². The van der Waals surface area contributed by atoms with Crippen LogP contribution in [0, 0.1) is 6.92 Å². The molecular formula is C12H17BrO2. The van der Waals surface area contributed by atoms with Gasteiger partial charge in [-0.2, -0.15) is 0 Å². The first-order chi connectivity index (χ1) is 7.24. The molecule has 1 aromatic rings. The average Bonchev–Trinajstić information content (AvgIpc) is 2.20. The molecule has 0 unspecified atom stereocenters. The third-order valence-electron chi connectivity index (χ3n) is 2.15. The first kappa shape index (κ1) is 12.5. The largest absolute Gasteiger partial charge is 0.492 e. The molecule has 1 N–H and O–H groups in total. The summed E-state index contributed by atoms with van der Waals surface area (Å²) in [7, 11) is 0. The third-order valence-corrected chi connectivity index (χ3v) is 2.77. The van der Waals surface area contributed by atoms with Gasteiger partial charge in [-0.25, -0.2) is 0 Å². The average molecular weight is 273 g/mol. The first-order valence-electron chi connectivity index (χ1n) is 5.24. The number of aryl methyl sites for hydroxylation is 1. The molecule has 0 aliphatic heterocycles. The van der Waals surface area contributed by atoms with Crippen molar-refractivity contribution in [3.63, 3.8) is 0 Å². The van der Waals surface area contributed by atoms with Crippen molar-refractivity contribution < 1.29 is 9.84 Å². The van der Waals surface area contributed by atoms with Crippen molar-refractivity contribution in [3.8, 4) is 5.75 Å². The topological polar surface area (TPSA) is 29.5 Å². The van der Waals surface area contributed by atoms with Crippen LogP contribution in [0.3, 0.4) is 0 Å². The SMILES string of the molecule is Cc1ccc(OCCCCCO)c(Br)c1. The van der Waals surface area contributed by atoms with Crippen LogP contribution in [0.5, 0.6) is 5.75 Å². The monoisotopic (exact) mass is 272 g/mol. The van der Waals surface area contributed by atoms with Gasteiger partial charge >= 0.3 is 0 Å². The van der Waals surface area contributed by atoms with Gasteiger partial charge in [0.1, 0.15) is 5.75 Å². The Hall–Kier alpha value is -0.540. The van der Waals surface area contributed by atoms with Crippen LogP contribution in [0.1, 0.15) is 24.8 Å². The van der Waals surface area contributed by atoms with Crippen molar-refractivity contribution >= 4 is 15.9 Å². The summed E-state index contributed by atoms with van der Waals surface area (Å²) < 4.78 is 6.61. The molecular weight excluding hydrogens is 256 g/mol. The van der Waals surface area contributed by atoms with E-state index in [1.165, 1.54) is 5.56 Å². The van der Waals surface area contributed by atoms with Gasteiger partial charge in [-0.1, -0.05) is 6.07 Å². The number of ether oxygens (including phenoxy) is 1. The molecule has 2 nitrogen and oxygen atoms in total. The molecule has 0 saturated carbocycles. The Kier molecular flexibility index (Phi) is 5.73. The molecule has 3 heteroatoms. The molecule has 1 aromatic carbocycles. The predicted molar refractivity (Wildman–Crippen MR) is 65.3 cm³/mol. The zero-order valence-electron chi connectivity index (χ0n) is 9.00. The standard InChI is InChI=1S/C12H17BrO2/c1-10-5-6-12(11(13)9-10)15-8-4-2-3-7-14/h5-6,9,14H,2-4,7-8H2,1H3. The van der Waals surface area contributed by atoms with Crippen LogP contribution >= 0.6 is 15.9 Å². The van der Waals surface area contributed by atoms with Crippen molar-refractivity contribution in [3.05, 3.63) is 28.2 Å². The third kappa shape index (κ3) is 4.67. The minimum Gasteiger partial charge on any atom is -0.492 e. The lowest BCUT2D eigenvalue weighted by molar-refractivity contribution is 0.265. The molecule has 0 radical (unpaired) electrons. The fourth-order valence-corrected chi connectivity index (χ4v) is 1.90. The number of hydrogen-bond acceptors (Lipinski definition) is 2. The van der Waals surface area contributed by atoms with E-state index in [-0.39, 0.29) is 6.61 Å². The molecule has 84 valence electrons. The smallest absolute Gasteiger partial charge is 0.133 e. The summed E-state index contributed by atoms with van der Waals surface area (Å²) in [6, 6.07) is 6.06. The van der Waals surface area contributed by atoms with Gasteiger partial charge in [0.25, 0.3) is 0 Å². The number of halogens is 1. The number of aliphatic hydroxyl groups excluding tert-OH is 1. The normalized spacial score (nSPS) is 10.3. The molecule has 0 amide bonds. The van der Waals surface area contributed by atoms with Crippen LogP contribution in [-0.4, -0.2) is 18.3 Å². The molecule has 0 saturated heterocycles. The minimum absolute atomic E-state index is 0.272. The lowest BCUT2D eigenvalue weighted by Crippen LogP contribution is -1.98. The Morgan fingerprint density at radius 2 is 2.07 bits per heavy atom. The maximum absolute atomic E-state index is 8.61. The molecule has 0 bridgehead atoms. The van der Waals surface area contributed by atoms with Crippen LogP contribution in [0.4, 0.5) is 0 Å². The maximum Gasteiger partial charge on any atom is 0.133 e. The van der Waals surface area contributed by atoms with Gasteiger partial charge in [-0.05, 0) is 59.8 Å². The van der Waals surface area contributed by atoms with E-state index in [9.17, 15) is 0 Å². The van der Waals surface area contributed by atoms with E-state index in [4.69, 9.17) is 9.84 Å². The molecule has 0 aliphatic carbocycles. The van der Waals surface area contributed by atoms with Gasteiger partial charge in [0.15, 0.2) is 0 Å². The van der Waals surface area contributed by atoms with E-state index < -0.39 is 0 Å². The van der Waals surface area contributed by atoms with Gasteiger partial charge < -0.3 is 9.84 Å². The molecule has 0 fully saturated rings. The van der Waals surface area contributed by atoms with E-state index in [0.29, 0.717) is 6.61 Å². The van der Waals surface area contributed by atoms with Crippen LogP contribution in [0.2, 0.25) is 0 Å². The molecule has 1 rings (SSSR count). The fraction of sp³-hybridized carbons (Fsp3) is 0.500. The number of hydrogen-bond donors (Lipinski definition) is 1. The van der Waals surface area contributed by atoms with E-state index >= 15 is 0 Å². The van der Waals surface area contributed by atoms with Crippen molar-refractivity contribution in [2.75, 3.05) is 13.2 Å². The van der Waals surface area contributed by atoms with Crippen molar-refractivity contribution in [1.82, 2.24) is 0 Å². The lowest BCUT2D eigenvalue weighted by atomic mass is 10.2. The zero-order valence-corrected chi connectivity index (χ0v) is 10.6. The van der Waals surface area contributed by atoms with E-state index in [1.807, 2.05) is 18.2 Å². The van der Waals surface area contributed by atoms with Crippen LogP contribution in [0.25, 0.3) is 0 Å². The van der Waals surface area contributed by atoms with Crippen molar-refractivity contribution in [2.24, 2.45) is 0 Å². The summed E-state index contributed by atoms with van der Waals surface area (Å²) in [5, 5.41) is 8.61. The summed E-state index contributed by atoms with van der Waals surface area (Å²) in [6.07, 6.45) is 2.86. The molecule has 15 heavy (non-hydrogen) atoms. The van der Waals surface area contributed by atoms with E-state index in [0.717, 1.165) is 29.5 Å². The summed E-state index contributed by atoms with van der Waals surface area (Å²) in [6.45, 7) is 3.03. The highest BCUT2D eigenvalue weighted by molar-refractivity contribution is 9.10. The number of unbranched alkanes of at least 4 members (excludes halogenated alkanes) is 2. The van der Waals surface area contributed by atoms with Crippen LogP contribution in [0.15, 0.2) is 22.7 Å². The Bertz CT molecular complexity index is 300. The summed E-state index contributed by atoms with van der Waals surface area (Å²) in [5.41, 5.74) is 1.22. The summed E-state index contributed by atoms with van der Waals surface area (Å²) >= 11 is 3.46. The van der Waals surface area contributed by atoms with Crippen LogP contribution < -0.4 is 4.74 Å². The molecule has 0 atom stereocenters. The van der Waals surface area contributed by atoms with Gasteiger partial charge in [-0.3, -0.25) is 0 Å². The lowest BCUT2D eigenvalue weighted by Gasteiger charge is -2.08. The van der Waals surface area contributed by atoms with Gasteiger partial charge in [0.05, 0.1) is 11.1 Å². The second kappa shape index (κ2) is 6.85. The second-order valence-electron chi connectivity index (χ2n) is 3.57. The minimum atomic E-state index is 0.272. The predicted octanol–water partition coefficient (Wildman–Crippen LogP) is 3.30. The van der Waals surface area contributed by atoms with Crippen molar-refractivity contribution in [2.45, 2.75) is 26.2 Å². The van der Waals surface area contributed by atoms with Gasteiger partial charge in [0, 0.05) is 6.61 Å². The van der Waals surface area contributed by atoms with E-state index in [2.05, 4.69) is 22.9 Å². The van der Waals surface area contributed by atoms with Crippen LogP contribution in [-0.2, 0) is 0 Å². The maximum atomic E-state index is 8.61. The fourth-order valence-electron chi connectivity index (χ4n) is 1.30. The molecule has 0 heterocycles. The number of aliphatic hydroxyl groups is 1. The van der Waals surface area contributed by atoms with Gasteiger partial charge in [0.2, 0.25) is 0 Å². The summed E-state index contributed by atoms with van der Waals surface area (Å²) in [5.74, 6) is 0.893. The zero-order chi connectivity index (χ0) is 11.1. The molecule has 0 spiro atoms. The first-order valence-corrected chi connectivity index (χ1v) is 6.03. The molecule has 0 aromatic heterocycles. The highest BCUT2D eigenvalue weighted by Crippen LogP contribution is 2.25. The Balaban J connectivity index is 2.31. The highest BCUT2D eigenvalue weighted by atomic mass is 79.9. The Labute approximate surface area is 99.4 Å². The summed E-state index contributed by atoms with van der Waals surface area (Å²) in [4.78, 5) is 0. The number of benzene rings is 1. The number of rotatable bonds is 6. The second-order valence-corrected chi connectivity index (χ2v) is 4.42. The van der Waals surface area contributed by atoms with E-state index in [1.54, 1.807) is 0 Å². The molecule has 0 aliphatic rings. The Morgan fingerprint density at radius 3 is 2.73 bits per heavy atom.